The molecule has 114 valence electrons. The fourth-order valence-corrected chi connectivity index (χ4v) is 3.54. The fourth-order valence-electron chi connectivity index (χ4n) is 1.63. The number of hydrogen-bond acceptors (Lipinski definition) is 6. The number of nitrogen functional groups attached to an aromatic ring is 1. The van der Waals surface area contributed by atoms with Crippen LogP contribution in [0.25, 0.3) is 0 Å². The van der Waals surface area contributed by atoms with Gasteiger partial charge in [-0.25, -0.2) is 8.42 Å². The van der Waals surface area contributed by atoms with Crippen molar-refractivity contribution in [2.45, 2.75) is 4.90 Å². The van der Waals surface area contributed by atoms with Crippen molar-refractivity contribution in [3.05, 3.63) is 16.6 Å². The Morgan fingerprint density at radius 1 is 1.30 bits per heavy atom. The number of methoxy groups -OCH3 is 1. The highest BCUT2D eigenvalue weighted by atomic mass is 79.9. The van der Waals surface area contributed by atoms with Gasteiger partial charge in [-0.05, 0) is 28.1 Å². The molecule has 1 aromatic carbocycles. The highest BCUT2D eigenvalue weighted by Gasteiger charge is 2.28. The summed E-state index contributed by atoms with van der Waals surface area (Å²) in [6.07, 6.45) is 0. The minimum Gasteiger partial charge on any atom is -0.495 e. The lowest BCUT2D eigenvalue weighted by Crippen LogP contribution is -2.36. The van der Waals surface area contributed by atoms with Gasteiger partial charge in [0.1, 0.15) is 10.6 Å². The summed E-state index contributed by atoms with van der Waals surface area (Å²) in [5.41, 5.74) is 5.95. The van der Waals surface area contributed by atoms with Crippen molar-refractivity contribution in [1.29, 1.82) is 0 Å². The van der Waals surface area contributed by atoms with Crippen LogP contribution in [0.2, 0.25) is 0 Å². The SMILES string of the molecule is COc1cc(Br)c(N)cc1S(=O)(=O)N(CCO)CCO. The van der Waals surface area contributed by atoms with Gasteiger partial charge in [0.2, 0.25) is 10.0 Å². The minimum absolute atomic E-state index is 0.109. The zero-order chi connectivity index (χ0) is 15.3. The number of halogens is 1. The molecule has 0 amide bonds. The molecule has 0 radical (unpaired) electrons. The van der Waals surface area contributed by atoms with Crippen LogP contribution in [0.5, 0.6) is 5.75 Å². The van der Waals surface area contributed by atoms with Gasteiger partial charge in [0.25, 0.3) is 0 Å². The van der Waals surface area contributed by atoms with Gasteiger partial charge < -0.3 is 20.7 Å². The fraction of sp³-hybridized carbons (Fsp3) is 0.455. The van der Waals surface area contributed by atoms with E-state index in [0.29, 0.717) is 4.47 Å². The molecule has 0 fully saturated rings. The van der Waals surface area contributed by atoms with Crippen LogP contribution < -0.4 is 10.5 Å². The largest absolute Gasteiger partial charge is 0.495 e. The summed E-state index contributed by atoms with van der Waals surface area (Å²) >= 11 is 3.19. The molecule has 0 aromatic heterocycles. The maximum Gasteiger partial charge on any atom is 0.246 e. The van der Waals surface area contributed by atoms with Crippen molar-refractivity contribution in [2.24, 2.45) is 0 Å². The lowest BCUT2D eigenvalue weighted by molar-refractivity contribution is 0.217. The molecule has 20 heavy (non-hydrogen) atoms. The number of aliphatic hydroxyl groups is 2. The zero-order valence-corrected chi connectivity index (χ0v) is 13.3. The van der Waals surface area contributed by atoms with E-state index >= 15 is 0 Å². The molecule has 0 saturated carbocycles. The number of ether oxygens (including phenoxy) is 1. The van der Waals surface area contributed by atoms with Crippen LogP contribution in [0, 0.1) is 0 Å². The van der Waals surface area contributed by atoms with Crippen molar-refractivity contribution in [1.82, 2.24) is 4.31 Å². The summed E-state index contributed by atoms with van der Waals surface area (Å²) in [5, 5.41) is 17.9. The van der Waals surface area contributed by atoms with Crippen LogP contribution in [-0.4, -0.2) is 56.3 Å². The first-order valence-electron chi connectivity index (χ1n) is 5.73. The molecule has 7 nitrogen and oxygen atoms in total. The Labute approximate surface area is 126 Å². The number of sulfonamides is 1. The first-order valence-corrected chi connectivity index (χ1v) is 7.96. The lowest BCUT2D eigenvalue weighted by atomic mass is 10.3. The van der Waals surface area contributed by atoms with Gasteiger partial charge in [-0.15, -0.1) is 0 Å². The zero-order valence-electron chi connectivity index (χ0n) is 10.9. The molecule has 0 spiro atoms. The van der Waals surface area contributed by atoms with Crippen molar-refractivity contribution >= 4 is 31.6 Å². The van der Waals surface area contributed by atoms with Gasteiger partial charge in [-0.3, -0.25) is 0 Å². The summed E-state index contributed by atoms with van der Waals surface area (Å²) in [7, 11) is -2.57. The summed E-state index contributed by atoms with van der Waals surface area (Å²) in [6, 6.07) is 2.73. The molecule has 0 aliphatic rings. The van der Waals surface area contributed by atoms with Crippen LogP contribution in [0.3, 0.4) is 0 Å². The standard InChI is InChI=1S/C11H17BrN2O5S/c1-19-10-6-8(12)9(13)7-11(10)20(17,18)14(2-4-15)3-5-16/h6-7,15-16H,2-5,13H2,1H3. The molecule has 0 unspecified atom stereocenters. The third kappa shape index (κ3) is 3.61. The van der Waals surface area contributed by atoms with E-state index in [2.05, 4.69) is 15.9 Å². The molecule has 9 heteroatoms. The first kappa shape index (κ1) is 17.2. The van der Waals surface area contributed by atoms with Crippen molar-refractivity contribution in [3.8, 4) is 5.75 Å². The predicted molar refractivity (Wildman–Crippen MR) is 78.0 cm³/mol. The summed E-state index contributed by atoms with van der Waals surface area (Å²) < 4.78 is 31.6. The van der Waals surface area contributed by atoms with E-state index in [0.717, 1.165) is 4.31 Å². The lowest BCUT2D eigenvalue weighted by Gasteiger charge is -2.22. The number of nitrogens with two attached hydrogens (primary N) is 1. The van der Waals surface area contributed by atoms with Crippen molar-refractivity contribution < 1.29 is 23.4 Å². The Morgan fingerprint density at radius 2 is 1.85 bits per heavy atom. The molecule has 1 aromatic rings. The molecular weight excluding hydrogens is 352 g/mol. The smallest absolute Gasteiger partial charge is 0.246 e. The number of nitrogens with zero attached hydrogens (tertiary/aromatic N) is 1. The van der Waals surface area contributed by atoms with E-state index in [4.69, 9.17) is 20.7 Å². The molecule has 0 aliphatic carbocycles. The van der Waals surface area contributed by atoms with Gasteiger partial charge >= 0.3 is 0 Å². The van der Waals surface area contributed by atoms with Crippen molar-refractivity contribution in [2.75, 3.05) is 39.1 Å². The number of aliphatic hydroxyl groups excluding tert-OH is 2. The number of rotatable bonds is 7. The van der Waals surface area contributed by atoms with Crippen LogP contribution in [0.1, 0.15) is 0 Å². The monoisotopic (exact) mass is 368 g/mol. The molecule has 0 bridgehead atoms. The number of hydrogen-bond donors (Lipinski definition) is 3. The average Bonchev–Trinajstić information content (AvgIpc) is 2.41. The van der Waals surface area contributed by atoms with Crippen molar-refractivity contribution in [3.63, 3.8) is 0 Å². The second-order valence-corrected chi connectivity index (χ2v) is 6.64. The predicted octanol–water partition coefficient (Wildman–Crippen LogP) is 0.0152. The Morgan fingerprint density at radius 3 is 2.30 bits per heavy atom. The first-order chi connectivity index (χ1) is 9.38. The Bertz CT molecular complexity index is 558. The molecule has 0 heterocycles. The highest BCUT2D eigenvalue weighted by molar-refractivity contribution is 9.10. The quantitative estimate of drug-likeness (QED) is 0.584. The third-order valence-corrected chi connectivity index (χ3v) is 5.21. The van der Waals surface area contributed by atoms with E-state index in [9.17, 15) is 8.42 Å². The Kier molecular flexibility index (Phi) is 6.21. The summed E-state index contributed by atoms with van der Waals surface area (Å²) in [4.78, 5) is -0.109. The van der Waals surface area contributed by atoms with Gasteiger partial charge in [0.05, 0.1) is 20.3 Å². The van der Waals surface area contributed by atoms with Crippen LogP contribution in [0.15, 0.2) is 21.5 Å². The molecule has 0 saturated heterocycles. The number of anilines is 1. The second-order valence-electron chi connectivity index (χ2n) is 3.88. The highest BCUT2D eigenvalue weighted by Crippen LogP contribution is 2.33. The molecule has 1 rings (SSSR count). The maximum absolute atomic E-state index is 12.5. The molecule has 4 N–H and O–H groups in total. The van der Waals surface area contributed by atoms with Gasteiger partial charge in [-0.1, -0.05) is 0 Å². The minimum atomic E-state index is -3.92. The third-order valence-electron chi connectivity index (χ3n) is 2.60. The summed E-state index contributed by atoms with van der Waals surface area (Å²) in [5.74, 6) is 0.131. The van der Waals surface area contributed by atoms with Crippen LogP contribution in [0.4, 0.5) is 5.69 Å². The summed E-state index contributed by atoms with van der Waals surface area (Å²) in [6.45, 7) is -0.953. The van der Waals surface area contributed by atoms with Crippen LogP contribution in [-0.2, 0) is 10.0 Å². The van der Waals surface area contributed by atoms with Gasteiger partial charge in [0.15, 0.2) is 0 Å². The molecular formula is C11H17BrN2O5S. The van der Waals surface area contributed by atoms with E-state index < -0.39 is 10.0 Å². The van der Waals surface area contributed by atoms with Gasteiger partial charge in [0, 0.05) is 23.2 Å². The van der Waals surface area contributed by atoms with E-state index in [1.54, 1.807) is 0 Å². The Balaban J connectivity index is 3.36. The molecule has 0 aliphatic heterocycles. The number of benzene rings is 1. The average molecular weight is 369 g/mol. The van der Waals surface area contributed by atoms with Crippen LogP contribution >= 0.6 is 15.9 Å². The maximum atomic E-state index is 12.5. The second kappa shape index (κ2) is 7.23. The van der Waals surface area contributed by atoms with E-state index in [1.807, 2.05) is 0 Å². The van der Waals surface area contributed by atoms with E-state index in [-0.39, 0.29) is 42.6 Å². The normalized spacial score (nSPS) is 11.8. The van der Waals surface area contributed by atoms with E-state index in [1.165, 1.54) is 19.2 Å². The Hall–Kier alpha value is -0.870. The molecule has 0 atom stereocenters. The van der Waals surface area contributed by atoms with Gasteiger partial charge in [-0.2, -0.15) is 4.31 Å². The topological polar surface area (TPSA) is 113 Å².